The molecule has 1 aromatic rings. The first-order chi connectivity index (χ1) is 7.39. The number of aryl methyl sites for hydroxylation is 1. The maximum Gasteiger partial charge on any atom is 0.151 e. The maximum atomic E-state index is 10.9. The average Bonchev–Trinajstić information content (AvgIpc) is 2.54. The molecule has 3 N–H and O–H groups in total. The van der Waals surface area contributed by atoms with E-state index in [4.69, 9.17) is 0 Å². The molecule has 0 bridgehead atoms. The zero-order chi connectivity index (χ0) is 12.1. The van der Waals surface area contributed by atoms with Crippen molar-refractivity contribution in [2.75, 3.05) is 0 Å². The minimum absolute atomic E-state index is 0.0326. The Morgan fingerprint density at radius 2 is 2.19 bits per heavy atom. The summed E-state index contributed by atoms with van der Waals surface area (Å²) in [6.45, 7) is 1.48. The lowest BCUT2D eigenvalue weighted by Crippen LogP contribution is -2.43. The largest absolute Gasteiger partial charge is 0.390 e. The van der Waals surface area contributed by atoms with Gasteiger partial charge in [-0.2, -0.15) is 0 Å². The van der Waals surface area contributed by atoms with Gasteiger partial charge in [-0.25, -0.2) is 0 Å². The fourth-order valence-corrected chi connectivity index (χ4v) is 2.46. The van der Waals surface area contributed by atoms with Crippen molar-refractivity contribution in [3.8, 4) is 0 Å². The number of fused-ring (bicyclic) bond motifs is 1. The summed E-state index contributed by atoms with van der Waals surface area (Å²) in [5, 5.41) is 29.8. The van der Waals surface area contributed by atoms with Crippen molar-refractivity contribution in [1.82, 2.24) is 4.57 Å². The molecule has 0 radical (unpaired) electrons. The molecule has 1 aromatic heterocycles. The highest BCUT2D eigenvalue weighted by Gasteiger charge is 2.44. The van der Waals surface area contributed by atoms with Crippen LogP contribution in [0, 0.1) is 0 Å². The van der Waals surface area contributed by atoms with Gasteiger partial charge in [-0.05, 0) is 6.92 Å². The summed E-state index contributed by atoms with van der Waals surface area (Å²) in [5.74, 6) is 0. The van der Waals surface area contributed by atoms with Gasteiger partial charge in [0, 0.05) is 30.8 Å². The molecule has 0 amide bonds. The summed E-state index contributed by atoms with van der Waals surface area (Å²) >= 11 is 0. The minimum Gasteiger partial charge on any atom is -0.390 e. The van der Waals surface area contributed by atoms with E-state index in [1.165, 1.54) is 6.92 Å². The molecule has 3 atom stereocenters. The molecule has 88 valence electrons. The number of aromatic nitrogens is 1. The molecule has 3 unspecified atom stereocenters. The number of carbonyl (C=O) groups excluding carboxylic acids is 1. The maximum absolute atomic E-state index is 10.9. The van der Waals surface area contributed by atoms with Gasteiger partial charge < -0.3 is 19.9 Å². The van der Waals surface area contributed by atoms with Gasteiger partial charge in [-0.15, -0.1) is 0 Å². The summed E-state index contributed by atoms with van der Waals surface area (Å²) in [5.41, 5.74) is -0.254. The molecule has 0 aromatic carbocycles. The Balaban J connectivity index is 2.70. The van der Waals surface area contributed by atoms with Gasteiger partial charge in [-0.3, -0.25) is 4.79 Å². The molecule has 0 fully saturated rings. The van der Waals surface area contributed by atoms with Gasteiger partial charge >= 0.3 is 0 Å². The van der Waals surface area contributed by atoms with Gasteiger partial charge in [0.1, 0.15) is 5.60 Å². The number of aldehydes is 1. The molecule has 2 rings (SSSR count). The Kier molecular flexibility index (Phi) is 2.41. The van der Waals surface area contributed by atoms with Crippen LogP contribution >= 0.6 is 0 Å². The third-order valence-corrected chi connectivity index (χ3v) is 3.29. The monoisotopic (exact) mass is 225 g/mol. The van der Waals surface area contributed by atoms with Crippen molar-refractivity contribution in [3.63, 3.8) is 0 Å². The molecule has 0 saturated heterocycles. The van der Waals surface area contributed by atoms with E-state index >= 15 is 0 Å². The fourth-order valence-electron chi connectivity index (χ4n) is 2.46. The van der Waals surface area contributed by atoms with E-state index in [0.29, 0.717) is 23.1 Å². The number of hydrogen-bond acceptors (Lipinski definition) is 4. The summed E-state index contributed by atoms with van der Waals surface area (Å²) in [4.78, 5) is 10.9. The molecule has 1 heterocycles. The Morgan fingerprint density at radius 3 is 2.75 bits per heavy atom. The lowest BCUT2D eigenvalue weighted by atomic mass is 9.80. The van der Waals surface area contributed by atoms with Crippen LogP contribution in [-0.4, -0.2) is 32.3 Å². The first kappa shape index (κ1) is 11.3. The lowest BCUT2D eigenvalue weighted by molar-refractivity contribution is -0.102. The van der Waals surface area contributed by atoms with Crippen LogP contribution < -0.4 is 0 Å². The number of aliphatic hydroxyl groups excluding tert-OH is 2. The average molecular weight is 225 g/mol. The highest BCUT2D eigenvalue weighted by molar-refractivity contribution is 5.78. The molecular weight excluding hydrogens is 210 g/mol. The third kappa shape index (κ3) is 1.32. The molecule has 5 nitrogen and oxygen atoms in total. The van der Waals surface area contributed by atoms with Crippen LogP contribution in [0.25, 0.3) is 0 Å². The van der Waals surface area contributed by atoms with Crippen molar-refractivity contribution in [3.05, 3.63) is 23.0 Å². The SMILES string of the molecule is Cn1cc(C=O)c2c1C(C)(O)C(O)CC2O. The van der Waals surface area contributed by atoms with Crippen molar-refractivity contribution in [1.29, 1.82) is 0 Å². The molecule has 1 aliphatic rings. The predicted molar refractivity (Wildman–Crippen MR) is 56.0 cm³/mol. The van der Waals surface area contributed by atoms with Crippen LogP contribution in [0.2, 0.25) is 0 Å². The second-order valence-electron chi connectivity index (χ2n) is 4.49. The second-order valence-corrected chi connectivity index (χ2v) is 4.49. The Hall–Kier alpha value is -1.17. The summed E-state index contributed by atoms with van der Waals surface area (Å²) in [6.07, 6.45) is 0.281. The van der Waals surface area contributed by atoms with Gasteiger partial charge in [-0.1, -0.05) is 0 Å². The summed E-state index contributed by atoms with van der Waals surface area (Å²) < 4.78 is 1.57. The number of nitrogens with zero attached hydrogens (tertiary/aromatic N) is 1. The Morgan fingerprint density at radius 1 is 1.56 bits per heavy atom. The zero-order valence-electron chi connectivity index (χ0n) is 9.21. The van der Waals surface area contributed by atoms with E-state index in [2.05, 4.69) is 0 Å². The Labute approximate surface area is 92.9 Å². The van der Waals surface area contributed by atoms with Gasteiger partial charge in [0.2, 0.25) is 0 Å². The number of aliphatic hydroxyl groups is 3. The van der Waals surface area contributed by atoms with E-state index in [9.17, 15) is 20.1 Å². The van der Waals surface area contributed by atoms with Crippen LogP contribution in [0.4, 0.5) is 0 Å². The van der Waals surface area contributed by atoms with Gasteiger partial charge in [0.25, 0.3) is 0 Å². The number of hydrogen-bond donors (Lipinski definition) is 3. The van der Waals surface area contributed by atoms with Crippen LogP contribution in [0.1, 0.15) is 41.1 Å². The predicted octanol–water partition coefficient (Wildman–Crippen LogP) is -0.157. The van der Waals surface area contributed by atoms with E-state index in [1.807, 2.05) is 0 Å². The topological polar surface area (TPSA) is 82.7 Å². The first-order valence-electron chi connectivity index (χ1n) is 5.13. The van der Waals surface area contributed by atoms with Crippen molar-refractivity contribution in [2.24, 2.45) is 7.05 Å². The quantitative estimate of drug-likeness (QED) is 0.580. The lowest BCUT2D eigenvalue weighted by Gasteiger charge is -2.37. The van der Waals surface area contributed by atoms with Gasteiger partial charge in [0.15, 0.2) is 6.29 Å². The number of rotatable bonds is 1. The van der Waals surface area contributed by atoms with Crippen molar-refractivity contribution < 1.29 is 20.1 Å². The van der Waals surface area contributed by atoms with E-state index in [1.54, 1.807) is 17.8 Å². The van der Waals surface area contributed by atoms with Crippen LogP contribution in [0.15, 0.2) is 6.20 Å². The van der Waals surface area contributed by atoms with Crippen molar-refractivity contribution in [2.45, 2.75) is 31.2 Å². The van der Waals surface area contributed by atoms with Crippen LogP contribution in [0.5, 0.6) is 0 Å². The summed E-state index contributed by atoms with van der Waals surface area (Å²) in [6, 6.07) is 0. The molecular formula is C11H15NO4. The third-order valence-electron chi connectivity index (χ3n) is 3.29. The highest BCUT2D eigenvalue weighted by Crippen LogP contribution is 2.42. The highest BCUT2D eigenvalue weighted by atomic mass is 16.3. The van der Waals surface area contributed by atoms with Crippen LogP contribution in [0.3, 0.4) is 0 Å². The number of carbonyl (C=O) groups is 1. The van der Waals surface area contributed by atoms with Gasteiger partial charge in [0.05, 0.1) is 17.9 Å². The van der Waals surface area contributed by atoms with Crippen molar-refractivity contribution >= 4 is 6.29 Å². The minimum atomic E-state index is -1.44. The van der Waals surface area contributed by atoms with E-state index in [0.717, 1.165) is 0 Å². The normalized spacial score (nSPS) is 33.6. The van der Waals surface area contributed by atoms with Crippen LogP contribution in [-0.2, 0) is 12.6 Å². The molecule has 5 heteroatoms. The smallest absolute Gasteiger partial charge is 0.151 e. The molecule has 0 aliphatic heterocycles. The molecule has 0 spiro atoms. The van der Waals surface area contributed by atoms with E-state index < -0.39 is 17.8 Å². The Bertz CT molecular complexity index is 435. The molecule has 16 heavy (non-hydrogen) atoms. The molecule has 1 aliphatic carbocycles. The summed E-state index contributed by atoms with van der Waals surface area (Å²) in [7, 11) is 1.67. The standard InChI is InChI=1S/C11H15NO4/c1-11(16)8(15)3-7(14)9-6(5-13)4-12(2)10(9)11/h4-5,7-8,14-16H,3H2,1-2H3. The van der Waals surface area contributed by atoms with E-state index in [-0.39, 0.29) is 6.42 Å². The second kappa shape index (κ2) is 3.41. The first-order valence-corrected chi connectivity index (χ1v) is 5.13. The molecule has 0 saturated carbocycles. The zero-order valence-corrected chi connectivity index (χ0v) is 9.21. The fraction of sp³-hybridized carbons (Fsp3) is 0.545.